The fourth-order valence-electron chi connectivity index (χ4n) is 5.14. The van der Waals surface area contributed by atoms with Crippen molar-refractivity contribution < 1.29 is 9.53 Å². The zero-order chi connectivity index (χ0) is 28.0. The number of carbonyl (C=O) groups excluding carboxylic acids is 1. The summed E-state index contributed by atoms with van der Waals surface area (Å²) in [4.78, 5) is 25.6. The van der Waals surface area contributed by atoms with Gasteiger partial charge in [0.1, 0.15) is 5.60 Å². The molecule has 0 saturated heterocycles. The quantitative estimate of drug-likeness (QED) is 0.216. The predicted octanol–water partition coefficient (Wildman–Crippen LogP) is 8.21. The zero-order valence-corrected chi connectivity index (χ0v) is 24.0. The number of hydrogen-bond donors (Lipinski definition) is 2. The summed E-state index contributed by atoms with van der Waals surface area (Å²) in [5, 5.41) is 4.88. The van der Waals surface area contributed by atoms with E-state index in [1.54, 1.807) is 18.5 Å². The molecule has 0 fully saturated rings. The van der Waals surface area contributed by atoms with Gasteiger partial charge in [0, 0.05) is 33.2 Å². The molecule has 0 bridgehead atoms. The van der Waals surface area contributed by atoms with Crippen LogP contribution in [0.4, 0.5) is 0 Å². The molecule has 0 unspecified atom stereocenters. The Kier molecular flexibility index (Phi) is 6.95. The molecule has 0 saturated carbocycles. The highest BCUT2D eigenvalue weighted by molar-refractivity contribution is 6.36. The molecule has 2 N–H and O–H groups in total. The molecule has 1 amide bonds. The summed E-state index contributed by atoms with van der Waals surface area (Å²) >= 11 is 19.0. The Morgan fingerprint density at radius 2 is 1.77 bits per heavy atom. The van der Waals surface area contributed by atoms with Crippen LogP contribution in [0, 0.1) is 0 Å². The summed E-state index contributed by atoms with van der Waals surface area (Å²) in [7, 11) is 0. The Balaban J connectivity index is 1.41. The topological polar surface area (TPSA) is 79.9 Å². The van der Waals surface area contributed by atoms with E-state index in [1.807, 2.05) is 68.4 Å². The summed E-state index contributed by atoms with van der Waals surface area (Å²) < 4.78 is 6.36. The summed E-state index contributed by atoms with van der Waals surface area (Å²) in [6, 6.07) is 20.4. The molecular weight excluding hydrogens is 567 g/mol. The second-order valence-corrected chi connectivity index (χ2v) is 11.8. The maximum Gasteiger partial charge on any atom is 0.224 e. The van der Waals surface area contributed by atoms with Crippen LogP contribution in [0.2, 0.25) is 15.1 Å². The number of benzene rings is 3. The second-order valence-electron chi connectivity index (χ2n) is 10.5. The number of aromatic amines is 1. The molecule has 0 radical (unpaired) electrons. The summed E-state index contributed by atoms with van der Waals surface area (Å²) in [5.41, 5.74) is 6.02. The molecule has 3 heterocycles. The van der Waals surface area contributed by atoms with E-state index in [-0.39, 0.29) is 18.4 Å². The van der Waals surface area contributed by atoms with Gasteiger partial charge in [-0.05, 0) is 73.5 Å². The largest absolute Gasteiger partial charge is 0.471 e. The van der Waals surface area contributed by atoms with Crippen LogP contribution in [0.25, 0.3) is 33.4 Å². The van der Waals surface area contributed by atoms with E-state index >= 15 is 0 Å². The van der Waals surface area contributed by atoms with Gasteiger partial charge in [-0.25, -0.2) is 9.97 Å². The Morgan fingerprint density at radius 3 is 2.55 bits per heavy atom. The minimum absolute atomic E-state index is 0.0922. The van der Waals surface area contributed by atoms with Crippen LogP contribution in [0.15, 0.2) is 73.1 Å². The fourth-order valence-corrected chi connectivity index (χ4v) is 5.76. The van der Waals surface area contributed by atoms with Gasteiger partial charge in [-0.1, -0.05) is 53.0 Å². The van der Waals surface area contributed by atoms with Crippen molar-refractivity contribution >= 4 is 51.7 Å². The molecule has 3 aromatic carbocycles. The third kappa shape index (κ3) is 5.39. The Hall–Kier alpha value is -3.58. The van der Waals surface area contributed by atoms with Gasteiger partial charge in [-0.3, -0.25) is 4.79 Å². The standard InChI is InChI=1S/C31H25Cl3N4O2/c1-31(2)15-27(37-28(39)12-17-3-10-25-26(11-17)36-16-35-25)23-14-22(18-4-6-19(32)7-5-18)29(38-30(23)40-31)21-9-8-20(33)13-24(21)34/h3-11,13-14,16,27H,12,15H2,1-2H3,(H,35,36)(H,37,39)/t27-/m1/s1. The number of hydrogen-bond acceptors (Lipinski definition) is 4. The van der Waals surface area contributed by atoms with Crippen molar-refractivity contribution in [2.24, 2.45) is 0 Å². The van der Waals surface area contributed by atoms with E-state index in [4.69, 9.17) is 44.5 Å². The smallest absolute Gasteiger partial charge is 0.224 e. The number of halogens is 3. The molecule has 0 aliphatic carbocycles. The average molecular weight is 592 g/mol. The summed E-state index contributed by atoms with van der Waals surface area (Å²) in [6.07, 6.45) is 2.46. The predicted molar refractivity (Wildman–Crippen MR) is 160 cm³/mol. The molecule has 1 aliphatic heterocycles. The lowest BCUT2D eigenvalue weighted by Gasteiger charge is -2.37. The average Bonchev–Trinajstić information content (AvgIpc) is 3.36. The van der Waals surface area contributed by atoms with Gasteiger partial charge in [-0.2, -0.15) is 0 Å². The monoisotopic (exact) mass is 590 g/mol. The number of carbonyl (C=O) groups is 1. The fraction of sp³-hybridized carbons (Fsp3) is 0.194. The number of rotatable bonds is 5. The van der Waals surface area contributed by atoms with Crippen LogP contribution in [0.1, 0.15) is 37.4 Å². The van der Waals surface area contributed by atoms with Gasteiger partial charge in [0.15, 0.2) is 0 Å². The lowest BCUT2D eigenvalue weighted by Crippen LogP contribution is -2.42. The van der Waals surface area contributed by atoms with Crippen LogP contribution < -0.4 is 10.1 Å². The van der Waals surface area contributed by atoms with E-state index in [0.29, 0.717) is 33.1 Å². The molecule has 40 heavy (non-hydrogen) atoms. The second kappa shape index (κ2) is 10.4. The molecule has 2 aromatic heterocycles. The van der Waals surface area contributed by atoms with E-state index < -0.39 is 5.60 Å². The zero-order valence-electron chi connectivity index (χ0n) is 21.8. The molecule has 202 valence electrons. The van der Waals surface area contributed by atoms with E-state index in [0.717, 1.165) is 38.9 Å². The first-order valence-corrected chi connectivity index (χ1v) is 14.0. The maximum absolute atomic E-state index is 13.3. The maximum atomic E-state index is 13.3. The number of H-pyrrole nitrogens is 1. The van der Waals surface area contributed by atoms with Crippen molar-refractivity contribution in [3.63, 3.8) is 0 Å². The number of nitrogens with zero attached hydrogens (tertiary/aromatic N) is 2. The van der Waals surface area contributed by atoms with Gasteiger partial charge >= 0.3 is 0 Å². The lowest BCUT2D eigenvalue weighted by molar-refractivity contribution is -0.121. The number of amides is 1. The molecule has 5 aromatic rings. The first-order chi connectivity index (χ1) is 19.1. The number of imidazole rings is 1. The van der Waals surface area contributed by atoms with Crippen molar-refractivity contribution in [3.8, 4) is 28.3 Å². The van der Waals surface area contributed by atoms with Crippen molar-refractivity contribution in [2.75, 3.05) is 0 Å². The molecule has 1 atom stereocenters. The van der Waals surface area contributed by atoms with Crippen molar-refractivity contribution in [3.05, 3.63) is 99.3 Å². The van der Waals surface area contributed by atoms with Crippen LogP contribution in [-0.4, -0.2) is 26.5 Å². The molecular formula is C31H25Cl3N4O2. The number of pyridine rings is 1. The molecule has 9 heteroatoms. The van der Waals surface area contributed by atoms with Crippen LogP contribution in [0.3, 0.4) is 0 Å². The highest BCUT2D eigenvalue weighted by Crippen LogP contribution is 2.45. The third-order valence-corrected chi connectivity index (χ3v) is 7.79. The van der Waals surface area contributed by atoms with Gasteiger partial charge < -0.3 is 15.0 Å². The highest BCUT2D eigenvalue weighted by Gasteiger charge is 2.37. The lowest BCUT2D eigenvalue weighted by atomic mass is 9.88. The van der Waals surface area contributed by atoms with Crippen molar-refractivity contribution in [1.82, 2.24) is 20.3 Å². The number of aromatic nitrogens is 3. The minimum atomic E-state index is -0.560. The molecule has 6 rings (SSSR count). The van der Waals surface area contributed by atoms with Gasteiger partial charge in [-0.15, -0.1) is 0 Å². The Labute approximate surface area is 246 Å². The van der Waals surface area contributed by atoms with Gasteiger partial charge in [0.2, 0.25) is 11.8 Å². The Morgan fingerprint density at radius 1 is 1.00 bits per heavy atom. The minimum Gasteiger partial charge on any atom is -0.471 e. The number of ether oxygens (including phenoxy) is 1. The number of fused-ring (bicyclic) bond motifs is 2. The summed E-state index contributed by atoms with van der Waals surface area (Å²) in [6.45, 7) is 3.98. The van der Waals surface area contributed by atoms with Crippen LogP contribution in [0.5, 0.6) is 5.88 Å². The SMILES string of the molecule is CC1(C)C[C@@H](NC(=O)Cc2ccc3nc[nH]c3c2)c2cc(-c3ccc(Cl)cc3)c(-c3ccc(Cl)cc3Cl)nc2O1. The van der Waals surface area contributed by atoms with E-state index in [1.165, 1.54) is 0 Å². The van der Waals surface area contributed by atoms with E-state index in [2.05, 4.69) is 15.3 Å². The first-order valence-electron chi connectivity index (χ1n) is 12.8. The first kappa shape index (κ1) is 26.6. The van der Waals surface area contributed by atoms with Crippen LogP contribution in [-0.2, 0) is 11.2 Å². The highest BCUT2D eigenvalue weighted by atomic mass is 35.5. The van der Waals surface area contributed by atoms with Gasteiger partial charge in [0.25, 0.3) is 0 Å². The third-order valence-electron chi connectivity index (χ3n) is 6.99. The van der Waals surface area contributed by atoms with Gasteiger partial charge in [0.05, 0.1) is 40.5 Å². The van der Waals surface area contributed by atoms with Crippen molar-refractivity contribution in [2.45, 2.75) is 38.3 Å². The molecule has 6 nitrogen and oxygen atoms in total. The molecule has 1 aliphatic rings. The number of nitrogens with one attached hydrogen (secondary N) is 2. The van der Waals surface area contributed by atoms with Crippen LogP contribution >= 0.6 is 34.8 Å². The summed E-state index contributed by atoms with van der Waals surface area (Å²) in [5.74, 6) is 0.365. The molecule has 0 spiro atoms. The van der Waals surface area contributed by atoms with E-state index in [9.17, 15) is 4.79 Å². The Bertz CT molecular complexity index is 1750. The van der Waals surface area contributed by atoms with Crippen molar-refractivity contribution in [1.29, 1.82) is 0 Å². The normalized spacial score (nSPS) is 15.9.